The molecule has 0 unspecified atom stereocenters. The summed E-state index contributed by atoms with van der Waals surface area (Å²) in [6, 6.07) is 0. The van der Waals surface area contributed by atoms with Crippen LogP contribution < -0.4 is 0 Å². The van der Waals surface area contributed by atoms with Crippen molar-refractivity contribution in [2.24, 2.45) is 0 Å². The fraction of sp³-hybridized carbons (Fsp3) is 1.00. The number of unbranched alkanes of at least 4 members (excludes halogenated alkanes) is 15. The Morgan fingerprint density at radius 1 is 0.480 bits per heavy atom. The molecule has 0 bridgehead atoms. The molecule has 0 radical (unpaired) electrons. The van der Waals surface area contributed by atoms with Gasteiger partial charge in [-0.1, -0.05) is 84.0 Å². The molecule has 0 fully saturated rings. The van der Waals surface area contributed by atoms with Crippen LogP contribution in [0.15, 0.2) is 0 Å². The second-order valence-corrected chi connectivity index (χ2v) is 8.76. The van der Waals surface area contributed by atoms with E-state index >= 15 is 0 Å². The molecule has 0 aromatic rings. The van der Waals surface area contributed by atoms with Gasteiger partial charge in [0.2, 0.25) is 0 Å². The van der Waals surface area contributed by atoms with Crippen LogP contribution in [-0.2, 0) is 0 Å². The second-order valence-electron chi connectivity index (χ2n) is 8.76. The number of quaternary nitrogens is 1. The lowest BCUT2D eigenvalue weighted by Crippen LogP contribution is -2.41. The highest BCUT2D eigenvalue weighted by molar-refractivity contribution is 4.49. The van der Waals surface area contributed by atoms with Gasteiger partial charge in [0.25, 0.3) is 0 Å². The molecule has 0 atom stereocenters. The van der Waals surface area contributed by atoms with Crippen molar-refractivity contribution in [3.63, 3.8) is 0 Å². The minimum atomic E-state index is 0.368. The Kier molecular flexibility index (Phi) is 18.6. The summed E-state index contributed by atoms with van der Waals surface area (Å²) in [5.41, 5.74) is 0. The zero-order chi connectivity index (χ0) is 18.6. The molecule has 0 saturated heterocycles. The Labute approximate surface area is 160 Å². The monoisotopic (exact) mass is 356 g/mol. The molecule has 0 rings (SSSR count). The van der Waals surface area contributed by atoms with Gasteiger partial charge in [0.15, 0.2) is 0 Å². The molecule has 2 nitrogen and oxygen atoms in total. The summed E-state index contributed by atoms with van der Waals surface area (Å²) in [7, 11) is 4.84. The third-order valence-electron chi connectivity index (χ3n) is 5.54. The molecule has 0 aliphatic heterocycles. The molecule has 1 N–H and O–H groups in total. The lowest BCUT2D eigenvalue weighted by Gasteiger charge is -2.30. The molecular formula is C23H50NO+. The van der Waals surface area contributed by atoms with E-state index in [2.05, 4.69) is 21.0 Å². The minimum Gasteiger partial charge on any atom is -0.396 e. The van der Waals surface area contributed by atoms with Crippen LogP contribution in [0.5, 0.6) is 0 Å². The van der Waals surface area contributed by atoms with Crippen LogP contribution in [0.4, 0.5) is 0 Å². The summed E-state index contributed by atoms with van der Waals surface area (Å²) < 4.78 is 1.22. The predicted octanol–water partition coefficient (Wildman–Crippen LogP) is 6.71. The molecule has 0 heterocycles. The van der Waals surface area contributed by atoms with Crippen molar-refractivity contribution < 1.29 is 9.59 Å². The molecule has 0 amide bonds. The summed E-state index contributed by atoms with van der Waals surface area (Å²) in [6.45, 7) is 5.38. The Bertz CT molecular complexity index is 252. The highest BCUT2D eigenvalue weighted by atomic mass is 16.2. The second kappa shape index (κ2) is 18.7. The van der Waals surface area contributed by atoms with Gasteiger partial charge < -0.3 is 9.59 Å². The maximum Gasteiger partial charge on any atom is 0.0782 e. The first-order valence-corrected chi connectivity index (χ1v) is 11.6. The predicted molar refractivity (Wildman–Crippen MR) is 113 cm³/mol. The van der Waals surface area contributed by atoms with E-state index in [4.69, 9.17) is 5.11 Å². The van der Waals surface area contributed by atoms with Gasteiger partial charge in [-0.3, -0.25) is 0 Å². The van der Waals surface area contributed by atoms with Crippen molar-refractivity contribution in [1.29, 1.82) is 0 Å². The van der Waals surface area contributed by atoms with E-state index in [1.54, 1.807) is 0 Å². The summed E-state index contributed by atoms with van der Waals surface area (Å²) in [6.07, 6.45) is 23.3. The third-order valence-corrected chi connectivity index (χ3v) is 5.54. The topological polar surface area (TPSA) is 20.2 Å². The lowest BCUT2D eigenvalue weighted by molar-refractivity contribution is -0.890. The van der Waals surface area contributed by atoms with Crippen molar-refractivity contribution >= 4 is 0 Å². The van der Waals surface area contributed by atoms with Crippen molar-refractivity contribution in [2.45, 2.75) is 116 Å². The number of aliphatic hydroxyl groups is 1. The van der Waals surface area contributed by atoms with Gasteiger partial charge in [-0.05, 0) is 32.1 Å². The van der Waals surface area contributed by atoms with Crippen LogP contribution in [0.2, 0.25) is 0 Å². The molecule has 152 valence electrons. The van der Waals surface area contributed by atoms with Crippen molar-refractivity contribution in [1.82, 2.24) is 0 Å². The zero-order valence-electron chi connectivity index (χ0n) is 18.0. The van der Waals surface area contributed by atoms with Crippen LogP contribution in [0, 0.1) is 0 Å². The molecular weight excluding hydrogens is 306 g/mol. The first-order valence-electron chi connectivity index (χ1n) is 11.6. The summed E-state index contributed by atoms with van der Waals surface area (Å²) in [4.78, 5) is 0. The van der Waals surface area contributed by atoms with Gasteiger partial charge in [-0.15, -0.1) is 0 Å². The highest BCUT2D eigenvalue weighted by Gasteiger charge is 2.13. The molecule has 0 aromatic carbocycles. The standard InChI is InChI=1S/C23H50NO/c1-4-5-6-7-8-12-15-18-21-24(2,3)22-19-16-13-10-9-11-14-17-20-23-25/h25H,4-23H2,1-3H3/q+1. The van der Waals surface area contributed by atoms with Gasteiger partial charge in [0, 0.05) is 6.61 Å². The van der Waals surface area contributed by atoms with E-state index in [1.807, 2.05) is 0 Å². The van der Waals surface area contributed by atoms with Crippen LogP contribution in [0.1, 0.15) is 116 Å². The number of aliphatic hydroxyl groups excluding tert-OH is 1. The van der Waals surface area contributed by atoms with Crippen LogP contribution in [0.25, 0.3) is 0 Å². The average Bonchev–Trinajstić information content (AvgIpc) is 2.59. The van der Waals surface area contributed by atoms with Crippen LogP contribution >= 0.6 is 0 Å². The maximum atomic E-state index is 8.75. The van der Waals surface area contributed by atoms with Crippen LogP contribution in [0.3, 0.4) is 0 Å². The van der Waals surface area contributed by atoms with E-state index in [9.17, 15) is 0 Å². The SMILES string of the molecule is CCCCCCCCCC[N+](C)(C)CCCCCCCCCCCO. The molecule has 25 heavy (non-hydrogen) atoms. The average molecular weight is 357 g/mol. The molecule has 0 aliphatic carbocycles. The van der Waals surface area contributed by atoms with E-state index in [0.29, 0.717) is 6.61 Å². The fourth-order valence-electron chi connectivity index (χ4n) is 3.67. The van der Waals surface area contributed by atoms with Crippen molar-refractivity contribution in [3.8, 4) is 0 Å². The maximum absolute atomic E-state index is 8.75. The largest absolute Gasteiger partial charge is 0.396 e. The molecule has 0 aliphatic rings. The molecule has 2 heteroatoms. The quantitative estimate of drug-likeness (QED) is 0.190. The first-order chi connectivity index (χ1) is 12.1. The van der Waals surface area contributed by atoms with Crippen LogP contribution in [-0.4, -0.2) is 43.4 Å². The van der Waals surface area contributed by atoms with Crippen molar-refractivity contribution in [3.05, 3.63) is 0 Å². The highest BCUT2D eigenvalue weighted by Crippen LogP contribution is 2.13. The summed E-state index contributed by atoms with van der Waals surface area (Å²) in [5, 5.41) is 8.75. The molecule has 0 spiro atoms. The summed E-state index contributed by atoms with van der Waals surface area (Å²) >= 11 is 0. The van der Waals surface area contributed by atoms with E-state index in [-0.39, 0.29) is 0 Å². The third kappa shape index (κ3) is 20.1. The van der Waals surface area contributed by atoms with E-state index in [1.165, 1.54) is 120 Å². The number of rotatable bonds is 20. The van der Waals surface area contributed by atoms with Gasteiger partial charge in [-0.2, -0.15) is 0 Å². The first kappa shape index (κ1) is 24.9. The number of hydrogen-bond donors (Lipinski definition) is 1. The van der Waals surface area contributed by atoms with Gasteiger partial charge in [0.05, 0.1) is 27.2 Å². The molecule has 0 aromatic heterocycles. The lowest BCUT2D eigenvalue weighted by atomic mass is 10.1. The van der Waals surface area contributed by atoms with E-state index < -0.39 is 0 Å². The fourth-order valence-corrected chi connectivity index (χ4v) is 3.67. The van der Waals surface area contributed by atoms with Gasteiger partial charge in [0.1, 0.15) is 0 Å². The van der Waals surface area contributed by atoms with Crippen molar-refractivity contribution in [2.75, 3.05) is 33.8 Å². The number of nitrogens with zero attached hydrogens (tertiary/aromatic N) is 1. The Morgan fingerprint density at radius 3 is 1.16 bits per heavy atom. The van der Waals surface area contributed by atoms with Gasteiger partial charge in [-0.25, -0.2) is 0 Å². The summed E-state index contributed by atoms with van der Waals surface area (Å²) in [5.74, 6) is 0. The van der Waals surface area contributed by atoms with E-state index in [0.717, 1.165) is 6.42 Å². The van der Waals surface area contributed by atoms with Gasteiger partial charge >= 0.3 is 0 Å². The number of hydrogen-bond acceptors (Lipinski definition) is 1. The Balaban J connectivity index is 3.32. The minimum absolute atomic E-state index is 0.368. The Hall–Kier alpha value is -0.0800. The molecule has 0 saturated carbocycles. The normalized spacial score (nSPS) is 12.0. The smallest absolute Gasteiger partial charge is 0.0782 e. The zero-order valence-corrected chi connectivity index (χ0v) is 18.0. The Morgan fingerprint density at radius 2 is 0.800 bits per heavy atom.